The topological polar surface area (TPSA) is 127 Å². The van der Waals surface area contributed by atoms with Crippen molar-refractivity contribution in [3.8, 4) is 0 Å². The molecular formula is C16H21NO9S. The molecule has 5 atom stereocenters. The molecule has 0 unspecified atom stereocenters. The van der Waals surface area contributed by atoms with Crippen molar-refractivity contribution in [3.63, 3.8) is 0 Å². The molecule has 27 heavy (non-hydrogen) atoms. The van der Waals surface area contributed by atoms with E-state index in [4.69, 9.17) is 23.7 Å². The van der Waals surface area contributed by atoms with Gasteiger partial charge in [0.15, 0.2) is 18.3 Å². The third-order valence-corrected chi connectivity index (χ3v) is 3.55. The van der Waals surface area contributed by atoms with E-state index in [1.807, 2.05) is 0 Å². The molecular weight excluding hydrogens is 382 g/mol. The van der Waals surface area contributed by atoms with Crippen molar-refractivity contribution in [2.45, 2.75) is 58.2 Å². The van der Waals surface area contributed by atoms with Gasteiger partial charge in [-0.3, -0.25) is 19.2 Å². The fourth-order valence-electron chi connectivity index (χ4n) is 2.59. The summed E-state index contributed by atoms with van der Waals surface area (Å²) in [6, 6.07) is 0. The first kappa shape index (κ1) is 22.7. The second kappa shape index (κ2) is 10.7. The summed E-state index contributed by atoms with van der Waals surface area (Å²) in [5, 5.41) is 2.16. The van der Waals surface area contributed by atoms with Gasteiger partial charge in [-0.05, 0) is 12.2 Å². The molecule has 0 aromatic heterocycles. The summed E-state index contributed by atoms with van der Waals surface area (Å²) >= 11 is 4.54. The first-order valence-electron chi connectivity index (χ1n) is 7.99. The Bertz CT molecular complexity index is 631. The number of carbonyl (C=O) groups excluding carboxylic acids is 4. The van der Waals surface area contributed by atoms with Crippen molar-refractivity contribution in [3.05, 3.63) is 0 Å². The maximum Gasteiger partial charge on any atom is 0.303 e. The highest BCUT2D eigenvalue weighted by Gasteiger charge is 2.51. The van der Waals surface area contributed by atoms with E-state index >= 15 is 0 Å². The van der Waals surface area contributed by atoms with Gasteiger partial charge in [-0.15, -0.1) is 0 Å². The zero-order valence-electron chi connectivity index (χ0n) is 15.3. The van der Waals surface area contributed by atoms with Gasteiger partial charge < -0.3 is 23.7 Å². The molecule has 0 spiro atoms. The van der Waals surface area contributed by atoms with Gasteiger partial charge >= 0.3 is 23.9 Å². The molecule has 1 fully saturated rings. The highest BCUT2D eigenvalue weighted by molar-refractivity contribution is 7.78. The van der Waals surface area contributed by atoms with Crippen LogP contribution in [0.2, 0.25) is 0 Å². The van der Waals surface area contributed by atoms with Crippen LogP contribution in [0.3, 0.4) is 0 Å². The normalized spacial score (nSPS) is 26.9. The Kier molecular flexibility index (Phi) is 8.99. The summed E-state index contributed by atoms with van der Waals surface area (Å²) in [7, 11) is 0. The predicted octanol–water partition coefficient (Wildman–Crippen LogP) is 0.215. The monoisotopic (exact) mass is 403 g/mol. The van der Waals surface area contributed by atoms with E-state index < -0.39 is 54.4 Å². The Hall–Kier alpha value is -2.36. The number of carbonyl (C=O) groups is 4. The van der Waals surface area contributed by atoms with Gasteiger partial charge in [0.2, 0.25) is 0 Å². The fourth-order valence-corrected chi connectivity index (χ4v) is 2.67. The molecule has 1 aliphatic heterocycles. The zero-order chi connectivity index (χ0) is 20.6. The molecule has 150 valence electrons. The Labute approximate surface area is 161 Å². The number of ether oxygens (including phenoxy) is 5. The largest absolute Gasteiger partial charge is 0.463 e. The quantitative estimate of drug-likeness (QED) is 0.252. The van der Waals surface area contributed by atoms with Gasteiger partial charge in [-0.25, -0.2) is 4.99 Å². The average Bonchev–Trinajstić information content (AvgIpc) is 2.54. The van der Waals surface area contributed by atoms with Crippen LogP contribution in [0.15, 0.2) is 4.99 Å². The molecule has 0 bridgehead atoms. The van der Waals surface area contributed by atoms with Crippen LogP contribution in [0, 0.1) is 0 Å². The van der Waals surface area contributed by atoms with E-state index in [1.54, 1.807) is 0 Å². The fraction of sp³-hybridized carbons (Fsp3) is 0.688. The summed E-state index contributed by atoms with van der Waals surface area (Å²) in [4.78, 5) is 49.6. The summed E-state index contributed by atoms with van der Waals surface area (Å²) in [5.41, 5.74) is 0. The van der Waals surface area contributed by atoms with Crippen LogP contribution >= 0.6 is 12.2 Å². The maximum atomic E-state index is 11.6. The molecule has 1 saturated heterocycles. The number of rotatable bonds is 7. The van der Waals surface area contributed by atoms with Crippen LogP contribution in [0.1, 0.15) is 27.7 Å². The van der Waals surface area contributed by atoms with E-state index in [1.165, 1.54) is 6.92 Å². The van der Waals surface area contributed by atoms with Gasteiger partial charge in [0.1, 0.15) is 18.8 Å². The number of thiocarbonyl (C=S) groups is 1. The average molecular weight is 403 g/mol. The van der Waals surface area contributed by atoms with Crippen LogP contribution in [-0.2, 0) is 42.9 Å². The van der Waals surface area contributed by atoms with Crippen molar-refractivity contribution >= 4 is 41.3 Å². The van der Waals surface area contributed by atoms with Gasteiger partial charge in [-0.1, -0.05) is 0 Å². The Morgan fingerprint density at radius 3 is 1.78 bits per heavy atom. The molecule has 0 saturated carbocycles. The van der Waals surface area contributed by atoms with Gasteiger partial charge in [0, 0.05) is 27.7 Å². The molecule has 0 amide bonds. The molecule has 0 aromatic carbocycles. The van der Waals surface area contributed by atoms with Gasteiger partial charge in [0.25, 0.3) is 0 Å². The van der Waals surface area contributed by atoms with Crippen molar-refractivity contribution in [1.82, 2.24) is 0 Å². The minimum Gasteiger partial charge on any atom is -0.463 e. The van der Waals surface area contributed by atoms with E-state index in [0.29, 0.717) is 0 Å². The number of hydrogen-bond acceptors (Lipinski definition) is 11. The smallest absolute Gasteiger partial charge is 0.303 e. The van der Waals surface area contributed by atoms with Crippen LogP contribution in [0.25, 0.3) is 0 Å². The van der Waals surface area contributed by atoms with E-state index in [-0.39, 0.29) is 13.2 Å². The summed E-state index contributed by atoms with van der Waals surface area (Å²) in [6.07, 6.45) is -5.39. The summed E-state index contributed by atoms with van der Waals surface area (Å²) < 4.78 is 26.4. The second-order valence-electron chi connectivity index (χ2n) is 5.67. The highest BCUT2D eigenvalue weighted by atomic mass is 32.1. The van der Waals surface area contributed by atoms with Crippen molar-refractivity contribution in [2.24, 2.45) is 4.99 Å². The molecule has 0 aromatic rings. The van der Waals surface area contributed by atoms with Gasteiger partial charge in [0.05, 0.1) is 11.7 Å². The molecule has 0 radical (unpaired) electrons. The van der Waals surface area contributed by atoms with Crippen molar-refractivity contribution < 1.29 is 42.9 Å². The number of aliphatic imine (C=N–C) groups is 1. The number of hydrogen-bond donors (Lipinski definition) is 0. The van der Waals surface area contributed by atoms with Crippen LogP contribution < -0.4 is 0 Å². The summed E-state index contributed by atoms with van der Waals surface area (Å²) in [5.74, 6) is -2.64. The molecule has 0 N–H and O–H groups in total. The van der Waals surface area contributed by atoms with Gasteiger partial charge in [-0.2, -0.15) is 0 Å². The van der Waals surface area contributed by atoms with Crippen molar-refractivity contribution in [2.75, 3.05) is 13.2 Å². The molecule has 1 heterocycles. The predicted molar refractivity (Wildman–Crippen MR) is 91.8 cm³/mol. The molecule has 10 nitrogen and oxygen atoms in total. The second-order valence-corrected chi connectivity index (χ2v) is 5.85. The number of isothiocyanates is 1. The molecule has 1 aliphatic rings. The van der Waals surface area contributed by atoms with E-state index in [9.17, 15) is 19.2 Å². The van der Waals surface area contributed by atoms with E-state index in [2.05, 4.69) is 22.4 Å². The summed E-state index contributed by atoms with van der Waals surface area (Å²) in [6.45, 7) is 4.31. The third kappa shape index (κ3) is 7.41. The lowest BCUT2D eigenvalue weighted by atomic mass is 9.94. The molecule has 11 heteroatoms. The van der Waals surface area contributed by atoms with Crippen LogP contribution in [0.5, 0.6) is 0 Å². The maximum absolute atomic E-state index is 11.6. The zero-order valence-corrected chi connectivity index (χ0v) is 16.1. The molecule has 1 rings (SSSR count). The third-order valence-electron chi connectivity index (χ3n) is 3.42. The van der Waals surface area contributed by atoms with Crippen LogP contribution in [-0.4, -0.2) is 72.7 Å². The van der Waals surface area contributed by atoms with Crippen molar-refractivity contribution in [1.29, 1.82) is 0 Å². The van der Waals surface area contributed by atoms with E-state index in [0.717, 1.165) is 20.8 Å². The minimum absolute atomic E-state index is 0.0669. The minimum atomic E-state index is -1.20. The lowest BCUT2D eigenvalue weighted by molar-refractivity contribution is -0.250. The number of esters is 4. The lowest BCUT2D eigenvalue weighted by Crippen LogP contribution is -2.63. The lowest BCUT2D eigenvalue weighted by Gasteiger charge is -2.44. The SMILES string of the molecule is CC(=O)OC[C@H]1O[C@@H](CN=C=S)[C@H](OC(C)=O)[C@@H](OC(C)=O)[C@@H]1OC(C)=O. The Balaban J connectivity index is 3.28. The standard InChI is InChI=1S/C16H21NO9S/c1-8(18)22-6-13-15(24-10(3)20)16(25-11(4)21)14(23-9(2)19)12(26-13)5-17-7-27/h12-16H,5-6H2,1-4H3/t12-,13+,14-,15+,16+/m0/s1. The highest BCUT2D eigenvalue weighted by Crippen LogP contribution is 2.29. The van der Waals surface area contributed by atoms with Crippen LogP contribution in [0.4, 0.5) is 0 Å². The first-order chi connectivity index (χ1) is 12.6. The Morgan fingerprint density at radius 1 is 0.852 bits per heavy atom. The number of nitrogens with zero attached hydrogens (tertiary/aromatic N) is 1. The first-order valence-corrected chi connectivity index (χ1v) is 8.40. The Morgan fingerprint density at radius 2 is 1.33 bits per heavy atom. The molecule has 0 aliphatic carbocycles.